The molecule has 3 rings (SSSR count). The van der Waals surface area contributed by atoms with Crippen molar-refractivity contribution in [2.75, 3.05) is 12.3 Å². The number of hydrogen-bond acceptors (Lipinski definition) is 3. The Labute approximate surface area is 249 Å². The Morgan fingerprint density at radius 1 is 0.718 bits per heavy atom. The molecule has 0 radical (unpaired) electrons. The molecule has 0 aliphatic carbocycles. The molecule has 1 saturated heterocycles. The monoisotopic (exact) mass is 572 g/mol. The lowest BCUT2D eigenvalue weighted by Crippen LogP contribution is -2.42. The second kappa shape index (κ2) is 21.3. The maximum absolute atomic E-state index is 12.6. The lowest BCUT2D eigenvalue weighted by atomic mass is 10.0. The molecule has 1 aliphatic rings. The first-order valence-corrected chi connectivity index (χ1v) is 16.6. The van der Waals surface area contributed by atoms with E-state index in [1.54, 1.807) is 0 Å². The fraction of sp³-hybridized carbons (Fsp3) is 0.618. The molecule has 1 amide bonds. The summed E-state index contributed by atoms with van der Waals surface area (Å²) in [5, 5.41) is 6.87. The van der Waals surface area contributed by atoms with Crippen LogP contribution in [0.2, 0.25) is 0 Å². The zero-order chi connectivity index (χ0) is 26.7. The SMILES string of the molecule is CCCCCCCCCCCCCCCCCCNC(=O)[C@H]1CSC(c2ccc(-c3ccccc3)cc2)N1.Cl. The molecule has 0 spiro atoms. The molecule has 1 heterocycles. The van der Waals surface area contributed by atoms with Crippen LogP contribution in [-0.4, -0.2) is 24.2 Å². The van der Waals surface area contributed by atoms with Gasteiger partial charge in [-0.15, -0.1) is 24.2 Å². The van der Waals surface area contributed by atoms with Gasteiger partial charge in [0, 0.05) is 12.3 Å². The summed E-state index contributed by atoms with van der Waals surface area (Å²) in [6.45, 7) is 3.09. The van der Waals surface area contributed by atoms with E-state index >= 15 is 0 Å². The Morgan fingerprint density at radius 2 is 1.21 bits per heavy atom. The van der Waals surface area contributed by atoms with E-state index in [-0.39, 0.29) is 29.7 Å². The van der Waals surface area contributed by atoms with Gasteiger partial charge in [-0.05, 0) is 23.1 Å². The number of halogens is 1. The van der Waals surface area contributed by atoms with Crippen molar-refractivity contribution < 1.29 is 4.79 Å². The molecule has 2 aromatic rings. The molecule has 1 unspecified atom stereocenters. The van der Waals surface area contributed by atoms with Crippen LogP contribution in [0.1, 0.15) is 121 Å². The van der Waals surface area contributed by atoms with Crippen molar-refractivity contribution >= 4 is 30.1 Å². The minimum absolute atomic E-state index is 0. The number of amides is 1. The van der Waals surface area contributed by atoms with E-state index < -0.39 is 0 Å². The third-order valence-corrected chi connectivity index (χ3v) is 9.02. The Kier molecular flexibility index (Phi) is 18.4. The van der Waals surface area contributed by atoms with Gasteiger partial charge in [-0.25, -0.2) is 0 Å². The van der Waals surface area contributed by atoms with Gasteiger partial charge in [0.1, 0.15) is 0 Å². The quantitative estimate of drug-likeness (QED) is 0.155. The van der Waals surface area contributed by atoms with Crippen molar-refractivity contribution in [3.63, 3.8) is 0 Å². The molecule has 0 bridgehead atoms. The molecule has 0 saturated carbocycles. The number of benzene rings is 2. The van der Waals surface area contributed by atoms with Gasteiger partial charge < -0.3 is 5.32 Å². The third-order valence-electron chi connectivity index (χ3n) is 7.75. The summed E-state index contributed by atoms with van der Waals surface area (Å²) in [5.41, 5.74) is 3.70. The van der Waals surface area contributed by atoms with E-state index in [9.17, 15) is 4.79 Å². The molecule has 39 heavy (non-hydrogen) atoms. The predicted octanol–water partition coefficient (Wildman–Crippen LogP) is 9.86. The van der Waals surface area contributed by atoms with Crippen molar-refractivity contribution in [1.29, 1.82) is 0 Å². The van der Waals surface area contributed by atoms with E-state index in [4.69, 9.17) is 0 Å². The van der Waals surface area contributed by atoms with Crippen LogP contribution in [0, 0.1) is 0 Å². The van der Waals surface area contributed by atoms with E-state index in [0.717, 1.165) is 18.7 Å². The van der Waals surface area contributed by atoms with Crippen molar-refractivity contribution in [3.05, 3.63) is 60.2 Å². The smallest absolute Gasteiger partial charge is 0.238 e. The van der Waals surface area contributed by atoms with E-state index in [1.165, 1.54) is 113 Å². The Bertz CT molecular complexity index is 877. The first-order chi connectivity index (χ1) is 18.8. The van der Waals surface area contributed by atoms with E-state index in [1.807, 2.05) is 17.8 Å². The molecule has 1 aliphatic heterocycles. The zero-order valence-electron chi connectivity index (χ0n) is 24.3. The fourth-order valence-electron chi connectivity index (χ4n) is 5.30. The average molecular weight is 573 g/mol. The van der Waals surface area contributed by atoms with E-state index in [2.05, 4.69) is 66.1 Å². The van der Waals surface area contributed by atoms with Crippen LogP contribution in [0.5, 0.6) is 0 Å². The largest absolute Gasteiger partial charge is 0.355 e. The summed E-state index contributed by atoms with van der Waals surface area (Å²) in [4.78, 5) is 12.6. The number of hydrogen-bond donors (Lipinski definition) is 2. The topological polar surface area (TPSA) is 41.1 Å². The minimum atomic E-state index is -0.0974. The highest BCUT2D eigenvalue weighted by atomic mass is 35.5. The highest BCUT2D eigenvalue weighted by Gasteiger charge is 2.30. The van der Waals surface area contributed by atoms with Gasteiger partial charge in [-0.2, -0.15) is 0 Å². The lowest BCUT2D eigenvalue weighted by molar-refractivity contribution is -0.122. The Hall–Kier alpha value is -1.49. The summed E-state index contributed by atoms with van der Waals surface area (Å²) in [6.07, 6.45) is 22.0. The zero-order valence-corrected chi connectivity index (χ0v) is 25.9. The van der Waals surface area contributed by atoms with Gasteiger partial charge in [0.05, 0.1) is 11.4 Å². The van der Waals surface area contributed by atoms with Crippen LogP contribution in [-0.2, 0) is 4.79 Å². The summed E-state index contributed by atoms with van der Waals surface area (Å²) < 4.78 is 0. The molecule has 2 N–H and O–H groups in total. The highest BCUT2D eigenvalue weighted by Crippen LogP contribution is 2.33. The molecule has 2 atom stereocenters. The van der Waals surface area contributed by atoms with Crippen molar-refractivity contribution in [2.24, 2.45) is 0 Å². The summed E-state index contributed by atoms with van der Waals surface area (Å²) >= 11 is 1.83. The number of thioether (sulfide) groups is 1. The summed E-state index contributed by atoms with van der Waals surface area (Å²) in [5.74, 6) is 0.984. The van der Waals surface area contributed by atoms with Gasteiger partial charge in [-0.1, -0.05) is 158 Å². The number of unbranched alkanes of at least 4 members (excludes halogenated alkanes) is 15. The summed E-state index contributed by atoms with van der Waals surface area (Å²) in [6, 6.07) is 19.1. The highest BCUT2D eigenvalue weighted by molar-refractivity contribution is 7.99. The van der Waals surface area contributed by atoms with Crippen molar-refractivity contribution in [3.8, 4) is 11.1 Å². The summed E-state index contributed by atoms with van der Waals surface area (Å²) in [7, 11) is 0. The van der Waals surface area contributed by atoms with Crippen LogP contribution in [0.4, 0.5) is 0 Å². The molecule has 218 valence electrons. The minimum Gasteiger partial charge on any atom is -0.355 e. The maximum Gasteiger partial charge on any atom is 0.238 e. The second-order valence-electron chi connectivity index (χ2n) is 11.0. The molecule has 0 aromatic heterocycles. The Morgan fingerprint density at radius 3 is 1.74 bits per heavy atom. The standard InChI is InChI=1S/C34H52N2OS.ClH/c1-2-3-4-5-6-7-8-9-10-11-12-13-14-15-16-20-27-35-33(37)32-28-38-34(36-32)31-25-23-30(24-26-31)29-21-18-17-19-22-29;/h17-19,21-26,32,34,36H,2-16,20,27-28H2,1H3,(H,35,37);1H/t32-,34?;/m1./s1. The number of carbonyl (C=O) groups excluding carboxylic acids is 1. The van der Waals surface area contributed by atoms with Crippen molar-refractivity contribution in [2.45, 2.75) is 121 Å². The van der Waals surface area contributed by atoms with Crippen LogP contribution in [0.3, 0.4) is 0 Å². The molecule has 3 nitrogen and oxygen atoms in total. The fourth-order valence-corrected chi connectivity index (χ4v) is 6.55. The predicted molar refractivity (Wildman–Crippen MR) is 174 cm³/mol. The van der Waals surface area contributed by atoms with Gasteiger partial charge >= 0.3 is 0 Å². The maximum atomic E-state index is 12.6. The molecular weight excluding hydrogens is 520 g/mol. The third kappa shape index (κ3) is 13.6. The molecule has 1 fully saturated rings. The van der Waals surface area contributed by atoms with Gasteiger partial charge in [0.15, 0.2) is 0 Å². The van der Waals surface area contributed by atoms with Crippen LogP contribution in [0.25, 0.3) is 11.1 Å². The van der Waals surface area contributed by atoms with Crippen molar-refractivity contribution in [1.82, 2.24) is 10.6 Å². The van der Waals surface area contributed by atoms with Gasteiger partial charge in [0.2, 0.25) is 5.91 Å². The average Bonchev–Trinajstić information content (AvgIpc) is 3.46. The van der Waals surface area contributed by atoms with Gasteiger partial charge in [-0.3, -0.25) is 10.1 Å². The number of rotatable bonds is 20. The lowest BCUT2D eigenvalue weighted by Gasteiger charge is -2.14. The van der Waals surface area contributed by atoms with Gasteiger partial charge in [0.25, 0.3) is 0 Å². The van der Waals surface area contributed by atoms with Crippen LogP contribution >= 0.6 is 24.2 Å². The first kappa shape index (κ1) is 33.7. The molecule has 5 heteroatoms. The number of nitrogens with one attached hydrogen (secondary N) is 2. The molecule has 2 aromatic carbocycles. The first-order valence-electron chi connectivity index (χ1n) is 15.6. The Balaban J connectivity index is 0.00000533. The van der Waals surface area contributed by atoms with Crippen LogP contribution < -0.4 is 10.6 Å². The number of carbonyl (C=O) groups is 1. The normalized spacial score (nSPS) is 16.6. The second-order valence-corrected chi connectivity index (χ2v) is 12.2. The van der Waals surface area contributed by atoms with Crippen LogP contribution in [0.15, 0.2) is 54.6 Å². The van der Waals surface area contributed by atoms with E-state index in [0.29, 0.717) is 0 Å². The molecular formula is C34H53ClN2OS.